The zero-order chi connectivity index (χ0) is 17.8. The second-order valence-electron chi connectivity index (χ2n) is 5.95. The molecule has 0 saturated heterocycles. The van der Waals surface area contributed by atoms with Crippen molar-refractivity contribution < 1.29 is 4.79 Å². The van der Waals surface area contributed by atoms with Gasteiger partial charge in [0.25, 0.3) is 5.91 Å². The van der Waals surface area contributed by atoms with Crippen LogP contribution in [0.5, 0.6) is 0 Å². The van der Waals surface area contributed by atoms with Crippen LogP contribution in [0, 0.1) is 0 Å². The van der Waals surface area contributed by atoms with Gasteiger partial charge in [0.1, 0.15) is 12.7 Å². The minimum absolute atomic E-state index is 0.0801. The monoisotopic (exact) mass is 340 g/mol. The van der Waals surface area contributed by atoms with E-state index in [0.717, 1.165) is 5.56 Å². The Bertz CT molecular complexity index is 839. The molecule has 9 heteroatoms. The van der Waals surface area contributed by atoms with E-state index >= 15 is 0 Å². The fourth-order valence-corrected chi connectivity index (χ4v) is 2.35. The van der Waals surface area contributed by atoms with Crippen LogP contribution in [0.15, 0.2) is 36.9 Å². The van der Waals surface area contributed by atoms with Gasteiger partial charge in [-0.05, 0) is 19.1 Å². The number of hydrogen-bond donors (Lipinski definition) is 2. The van der Waals surface area contributed by atoms with Crippen molar-refractivity contribution in [3.63, 3.8) is 0 Å². The lowest BCUT2D eigenvalue weighted by atomic mass is 10.1. The highest BCUT2D eigenvalue weighted by Crippen LogP contribution is 2.18. The highest BCUT2D eigenvalue weighted by molar-refractivity contribution is 5.95. The molecule has 3 rings (SSSR count). The number of aromatic amines is 1. The lowest BCUT2D eigenvalue weighted by Gasteiger charge is -2.14. The standard InChI is InChI=1S/C16H20N8O/c1-11(8-24-10-17-9-18-24)19-15(25)13-6-4-5-12(7-13)14-20-16(22-21-14)23(2)3/h4-7,9-11H,8H2,1-3H3,(H,19,25)(H,20,21,22). The van der Waals surface area contributed by atoms with E-state index in [1.54, 1.807) is 23.1 Å². The summed E-state index contributed by atoms with van der Waals surface area (Å²) in [6.07, 6.45) is 3.09. The average Bonchev–Trinajstić information content (AvgIpc) is 3.26. The van der Waals surface area contributed by atoms with Crippen molar-refractivity contribution >= 4 is 11.9 Å². The van der Waals surface area contributed by atoms with Crippen molar-refractivity contribution in [2.24, 2.45) is 0 Å². The molecule has 0 aliphatic carbocycles. The molecule has 0 spiro atoms. The maximum absolute atomic E-state index is 12.5. The van der Waals surface area contributed by atoms with Gasteiger partial charge in [-0.3, -0.25) is 14.6 Å². The molecule has 0 fully saturated rings. The van der Waals surface area contributed by atoms with E-state index in [4.69, 9.17) is 0 Å². The first-order valence-electron chi connectivity index (χ1n) is 7.86. The first kappa shape index (κ1) is 16.6. The number of aromatic nitrogens is 6. The third kappa shape index (κ3) is 4.00. The van der Waals surface area contributed by atoms with Crippen LogP contribution in [0.3, 0.4) is 0 Å². The number of carbonyl (C=O) groups is 1. The summed E-state index contributed by atoms with van der Waals surface area (Å²) >= 11 is 0. The second-order valence-corrected chi connectivity index (χ2v) is 5.95. The Kier molecular flexibility index (Phi) is 4.73. The van der Waals surface area contributed by atoms with E-state index in [1.165, 1.54) is 6.33 Å². The molecule has 0 aliphatic heterocycles. The Balaban J connectivity index is 1.70. The van der Waals surface area contributed by atoms with Gasteiger partial charge in [-0.1, -0.05) is 12.1 Å². The number of benzene rings is 1. The van der Waals surface area contributed by atoms with Crippen LogP contribution >= 0.6 is 0 Å². The van der Waals surface area contributed by atoms with Gasteiger partial charge in [0, 0.05) is 31.3 Å². The molecule has 0 bridgehead atoms. The summed E-state index contributed by atoms with van der Waals surface area (Å²) in [5.74, 6) is 1.06. The third-order valence-corrected chi connectivity index (χ3v) is 3.58. The quantitative estimate of drug-likeness (QED) is 0.692. The minimum Gasteiger partial charge on any atom is -0.348 e. The van der Waals surface area contributed by atoms with Gasteiger partial charge < -0.3 is 10.2 Å². The Morgan fingerprint density at radius 3 is 2.92 bits per heavy atom. The number of carbonyl (C=O) groups excluding carboxylic acids is 1. The summed E-state index contributed by atoms with van der Waals surface area (Å²) in [6, 6.07) is 7.19. The van der Waals surface area contributed by atoms with E-state index in [2.05, 4.69) is 30.6 Å². The molecular weight excluding hydrogens is 320 g/mol. The zero-order valence-electron chi connectivity index (χ0n) is 14.3. The molecule has 0 saturated carbocycles. The van der Waals surface area contributed by atoms with Crippen molar-refractivity contribution in [2.75, 3.05) is 19.0 Å². The van der Waals surface area contributed by atoms with Crippen LogP contribution in [-0.2, 0) is 6.54 Å². The maximum Gasteiger partial charge on any atom is 0.251 e. The van der Waals surface area contributed by atoms with Crippen LogP contribution < -0.4 is 10.2 Å². The number of H-pyrrole nitrogens is 1. The van der Waals surface area contributed by atoms with Crippen LogP contribution in [0.2, 0.25) is 0 Å². The molecule has 130 valence electrons. The highest BCUT2D eigenvalue weighted by Gasteiger charge is 2.13. The van der Waals surface area contributed by atoms with Gasteiger partial charge in [-0.15, -0.1) is 5.10 Å². The largest absolute Gasteiger partial charge is 0.348 e. The third-order valence-electron chi connectivity index (χ3n) is 3.58. The van der Waals surface area contributed by atoms with Gasteiger partial charge in [0.15, 0.2) is 5.82 Å². The number of anilines is 1. The summed E-state index contributed by atoms with van der Waals surface area (Å²) in [7, 11) is 3.74. The molecule has 1 amide bonds. The molecule has 1 aromatic carbocycles. The van der Waals surface area contributed by atoms with E-state index < -0.39 is 0 Å². The summed E-state index contributed by atoms with van der Waals surface area (Å²) in [6.45, 7) is 2.48. The topological polar surface area (TPSA) is 105 Å². The Labute approximate surface area is 145 Å². The summed E-state index contributed by atoms with van der Waals surface area (Å²) in [4.78, 5) is 22.6. The fourth-order valence-electron chi connectivity index (χ4n) is 2.35. The Morgan fingerprint density at radius 1 is 1.40 bits per heavy atom. The van der Waals surface area contributed by atoms with Gasteiger partial charge in [-0.2, -0.15) is 10.1 Å². The minimum atomic E-state index is -0.151. The van der Waals surface area contributed by atoms with Crippen molar-refractivity contribution in [3.05, 3.63) is 42.5 Å². The predicted molar refractivity (Wildman–Crippen MR) is 93.1 cm³/mol. The van der Waals surface area contributed by atoms with E-state index in [-0.39, 0.29) is 11.9 Å². The molecule has 0 aliphatic rings. The smallest absolute Gasteiger partial charge is 0.251 e. The predicted octanol–water partition coefficient (Wildman–Crippen LogP) is 0.948. The van der Waals surface area contributed by atoms with E-state index in [1.807, 2.05) is 38.1 Å². The maximum atomic E-state index is 12.5. The number of hydrogen-bond acceptors (Lipinski definition) is 6. The summed E-state index contributed by atoms with van der Waals surface area (Å²) < 4.78 is 1.68. The molecule has 3 aromatic rings. The Morgan fingerprint density at radius 2 is 2.24 bits per heavy atom. The van der Waals surface area contributed by atoms with Crippen LogP contribution in [0.4, 0.5) is 5.95 Å². The van der Waals surface area contributed by atoms with Gasteiger partial charge in [-0.25, -0.2) is 4.98 Å². The first-order valence-corrected chi connectivity index (χ1v) is 7.86. The van der Waals surface area contributed by atoms with Gasteiger partial charge >= 0.3 is 0 Å². The number of nitrogens with zero attached hydrogens (tertiary/aromatic N) is 6. The lowest BCUT2D eigenvalue weighted by molar-refractivity contribution is 0.0936. The van der Waals surface area contributed by atoms with Crippen LogP contribution in [0.1, 0.15) is 17.3 Å². The SMILES string of the molecule is CC(Cn1cncn1)NC(=O)c1cccc(-c2nc(N(C)C)n[nH]2)c1. The van der Waals surface area contributed by atoms with Gasteiger partial charge in [0.05, 0.1) is 6.54 Å². The molecular formula is C16H20N8O. The lowest BCUT2D eigenvalue weighted by Crippen LogP contribution is -2.35. The van der Waals surface area contributed by atoms with Crippen molar-refractivity contribution in [1.29, 1.82) is 0 Å². The second kappa shape index (κ2) is 7.12. The molecule has 2 heterocycles. The summed E-state index contributed by atoms with van der Waals surface area (Å²) in [5.41, 5.74) is 1.36. The molecule has 2 N–H and O–H groups in total. The van der Waals surface area contributed by atoms with E-state index in [9.17, 15) is 4.79 Å². The number of rotatable bonds is 6. The van der Waals surface area contributed by atoms with Crippen LogP contribution in [0.25, 0.3) is 11.4 Å². The number of amides is 1. The van der Waals surface area contributed by atoms with Gasteiger partial charge in [0.2, 0.25) is 5.95 Å². The van der Waals surface area contributed by atoms with Crippen molar-refractivity contribution in [1.82, 2.24) is 35.3 Å². The molecule has 25 heavy (non-hydrogen) atoms. The molecule has 0 radical (unpaired) electrons. The average molecular weight is 340 g/mol. The molecule has 1 atom stereocenters. The summed E-state index contributed by atoms with van der Waals surface area (Å²) in [5, 5.41) is 14.0. The van der Waals surface area contributed by atoms with Crippen molar-refractivity contribution in [3.8, 4) is 11.4 Å². The number of nitrogens with one attached hydrogen (secondary N) is 2. The van der Waals surface area contributed by atoms with Crippen molar-refractivity contribution in [2.45, 2.75) is 19.5 Å². The molecule has 9 nitrogen and oxygen atoms in total. The molecule has 1 unspecified atom stereocenters. The highest BCUT2D eigenvalue weighted by atomic mass is 16.1. The fraction of sp³-hybridized carbons (Fsp3) is 0.312. The zero-order valence-corrected chi connectivity index (χ0v) is 14.3. The van der Waals surface area contributed by atoms with E-state index in [0.29, 0.717) is 23.9 Å². The normalized spacial score (nSPS) is 12.0. The van der Waals surface area contributed by atoms with Crippen LogP contribution in [-0.4, -0.2) is 56.0 Å². The first-order chi connectivity index (χ1) is 12.0. The Hall–Kier alpha value is -3.23. The molecule has 2 aromatic heterocycles.